The molecule has 2 aliphatic rings. The molecule has 1 atom stereocenters. The monoisotopic (exact) mass is 218 g/mol. The van der Waals surface area contributed by atoms with E-state index in [1.165, 1.54) is 37.5 Å². The fourth-order valence-corrected chi connectivity index (χ4v) is 3.17. The van der Waals surface area contributed by atoms with Gasteiger partial charge in [-0.1, -0.05) is 11.8 Å². The number of rotatable bonds is 1. The fourth-order valence-electron chi connectivity index (χ4n) is 1.74. The van der Waals surface area contributed by atoms with Gasteiger partial charge in [-0.2, -0.15) is 0 Å². The van der Waals surface area contributed by atoms with Crippen LogP contribution in [0.5, 0.6) is 0 Å². The van der Waals surface area contributed by atoms with Crippen LogP contribution in [0.15, 0.2) is 4.99 Å². The Labute approximate surface area is 88.7 Å². The molecule has 2 rings (SSSR count). The van der Waals surface area contributed by atoms with Crippen LogP contribution in [0.3, 0.4) is 0 Å². The number of piperidine rings is 1. The molecule has 74 valence electrons. The van der Waals surface area contributed by atoms with Crippen molar-refractivity contribution in [3.8, 4) is 0 Å². The molecule has 0 spiro atoms. The van der Waals surface area contributed by atoms with E-state index in [-0.39, 0.29) is 0 Å². The first-order valence-corrected chi connectivity index (χ1v) is 6.43. The lowest BCUT2D eigenvalue weighted by molar-refractivity contribution is 0.347. The summed E-state index contributed by atoms with van der Waals surface area (Å²) in [4.78, 5) is 7.02. The highest BCUT2D eigenvalue weighted by Gasteiger charge is 2.22. The second-order valence-electron chi connectivity index (χ2n) is 3.58. The molecule has 1 fully saturated rings. The summed E-state index contributed by atoms with van der Waals surface area (Å²) >= 11 is 7.65. The van der Waals surface area contributed by atoms with Crippen molar-refractivity contribution in [3.05, 3.63) is 0 Å². The first-order valence-electron chi connectivity index (χ1n) is 4.91. The van der Waals surface area contributed by atoms with Gasteiger partial charge < -0.3 is 4.90 Å². The van der Waals surface area contributed by atoms with Crippen LogP contribution in [0, 0.1) is 0 Å². The first kappa shape index (κ1) is 9.66. The Morgan fingerprint density at radius 3 is 2.77 bits per heavy atom. The summed E-state index contributed by atoms with van der Waals surface area (Å²) < 4.78 is 0. The molecule has 13 heavy (non-hydrogen) atoms. The minimum Gasteiger partial charge on any atom is -0.351 e. The van der Waals surface area contributed by atoms with Crippen molar-refractivity contribution in [2.45, 2.75) is 25.3 Å². The molecule has 0 aliphatic carbocycles. The zero-order valence-corrected chi connectivity index (χ0v) is 9.28. The second kappa shape index (κ2) is 4.56. The number of hydrogen-bond acceptors (Lipinski definition) is 3. The minimum absolute atomic E-state index is 0.364. The largest absolute Gasteiger partial charge is 0.351 e. The molecule has 2 aliphatic heterocycles. The van der Waals surface area contributed by atoms with Gasteiger partial charge in [-0.25, -0.2) is 0 Å². The van der Waals surface area contributed by atoms with Crippen LogP contribution < -0.4 is 0 Å². The van der Waals surface area contributed by atoms with Gasteiger partial charge in [0, 0.05) is 24.7 Å². The van der Waals surface area contributed by atoms with E-state index in [4.69, 9.17) is 11.6 Å². The third-order valence-corrected chi connectivity index (χ3v) is 4.03. The Kier molecular flexibility index (Phi) is 3.39. The van der Waals surface area contributed by atoms with Gasteiger partial charge in [-0.3, -0.25) is 4.99 Å². The average molecular weight is 219 g/mol. The van der Waals surface area contributed by atoms with Crippen molar-refractivity contribution >= 4 is 28.5 Å². The maximum absolute atomic E-state index is 5.77. The van der Waals surface area contributed by atoms with Crippen molar-refractivity contribution in [3.63, 3.8) is 0 Å². The van der Waals surface area contributed by atoms with Crippen LogP contribution in [-0.2, 0) is 0 Å². The smallest absolute Gasteiger partial charge is 0.159 e. The van der Waals surface area contributed by atoms with Crippen molar-refractivity contribution < 1.29 is 0 Å². The van der Waals surface area contributed by atoms with E-state index >= 15 is 0 Å². The summed E-state index contributed by atoms with van der Waals surface area (Å²) in [7, 11) is 0. The Bertz CT molecular complexity index is 202. The lowest BCUT2D eigenvalue weighted by Gasteiger charge is -2.27. The van der Waals surface area contributed by atoms with Crippen LogP contribution in [-0.4, -0.2) is 40.8 Å². The number of hydrogen-bond donors (Lipinski definition) is 0. The van der Waals surface area contributed by atoms with E-state index in [9.17, 15) is 0 Å². The predicted octanol–water partition coefficient (Wildman–Crippen LogP) is 2.18. The van der Waals surface area contributed by atoms with Crippen LogP contribution in [0.4, 0.5) is 0 Å². The van der Waals surface area contributed by atoms with E-state index in [1.807, 2.05) is 11.8 Å². The highest BCUT2D eigenvalue weighted by molar-refractivity contribution is 8.14. The summed E-state index contributed by atoms with van der Waals surface area (Å²) in [6, 6.07) is 0.364. The van der Waals surface area contributed by atoms with Crippen molar-refractivity contribution in [2.75, 3.05) is 24.7 Å². The maximum Gasteiger partial charge on any atom is 0.159 e. The molecule has 0 amide bonds. The number of thioether (sulfide) groups is 1. The van der Waals surface area contributed by atoms with Gasteiger partial charge >= 0.3 is 0 Å². The molecule has 0 bridgehead atoms. The van der Waals surface area contributed by atoms with Crippen LogP contribution in [0.1, 0.15) is 19.3 Å². The van der Waals surface area contributed by atoms with Crippen molar-refractivity contribution in [1.29, 1.82) is 0 Å². The van der Waals surface area contributed by atoms with Gasteiger partial charge in [0.25, 0.3) is 0 Å². The van der Waals surface area contributed by atoms with Gasteiger partial charge in [0.15, 0.2) is 5.17 Å². The standard InChI is InChI=1S/C9H15ClN2S/c10-6-8-7-13-9(11-8)12-4-2-1-3-5-12/h8H,1-7H2. The molecule has 2 nitrogen and oxygen atoms in total. The average Bonchev–Trinajstić information content (AvgIpc) is 2.67. The number of likely N-dealkylation sites (tertiary alicyclic amines) is 1. The molecule has 0 aromatic carbocycles. The quantitative estimate of drug-likeness (QED) is 0.627. The zero-order valence-electron chi connectivity index (χ0n) is 7.71. The van der Waals surface area contributed by atoms with E-state index in [0.29, 0.717) is 11.9 Å². The Hall–Kier alpha value is 0.110. The van der Waals surface area contributed by atoms with Crippen LogP contribution in [0.2, 0.25) is 0 Å². The fraction of sp³-hybridized carbons (Fsp3) is 0.889. The summed E-state index contributed by atoms with van der Waals surface area (Å²) in [6.07, 6.45) is 4.03. The van der Waals surface area contributed by atoms with Gasteiger partial charge in [0.1, 0.15) is 0 Å². The highest BCUT2D eigenvalue weighted by Crippen LogP contribution is 2.23. The molecule has 2 heterocycles. The molecule has 4 heteroatoms. The number of amidine groups is 1. The Morgan fingerprint density at radius 1 is 1.38 bits per heavy atom. The molecular formula is C9H15ClN2S. The van der Waals surface area contributed by atoms with E-state index in [2.05, 4.69) is 9.89 Å². The Balaban J connectivity index is 1.92. The van der Waals surface area contributed by atoms with E-state index in [0.717, 1.165) is 5.75 Å². The van der Waals surface area contributed by atoms with Gasteiger partial charge in [0.2, 0.25) is 0 Å². The van der Waals surface area contributed by atoms with Crippen molar-refractivity contribution in [1.82, 2.24) is 4.90 Å². The lowest BCUT2D eigenvalue weighted by atomic mass is 10.1. The van der Waals surface area contributed by atoms with Gasteiger partial charge in [-0.05, 0) is 19.3 Å². The third kappa shape index (κ3) is 2.32. The molecule has 1 saturated heterocycles. The summed E-state index contributed by atoms with van der Waals surface area (Å²) in [5.74, 6) is 1.75. The number of alkyl halides is 1. The van der Waals surface area contributed by atoms with Gasteiger partial charge in [-0.15, -0.1) is 11.6 Å². The molecule has 0 N–H and O–H groups in total. The van der Waals surface area contributed by atoms with Gasteiger partial charge in [0.05, 0.1) is 6.04 Å². The highest BCUT2D eigenvalue weighted by atomic mass is 35.5. The number of halogens is 1. The summed E-state index contributed by atoms with van der Waals surface area (Å²) in [6.45, 7) is 2.39. The zero-order chi connectivity index (χ0) is 9.10. The SMILES string of the molecule is ClCC1CSC(N2CCCCC2)=N1. The molecular weight excluding hydrogens is 204 g/mol. The van der Waals surface area contributed by atoms with Crippen molar-refractivity contribution in [2.24, 2.45) is 4.99 Å². The molecule has 0 radical (unpaired) electrons. The summed E-state index contributed by atoms with van der Waals surface area (Å²) in [5, 5.41) is 1.24. The topological polar surface area (TPSA) is 15.6 Å². The normalized spacial score (nSPS) is 29.2. The predicted molar refractivity (Wildman–Crippen MR) is 59.8 cm³/mol. The van der Waals surface area contributed by atoms with Crippen LogP contribution in [0.25, 0.3) is 0 Å². The number of aliphatic imine (C=N–C) groups is 1. The number of nitrogens with zero attached hydrogens (tertiary/aromatic N) is 2. The molecule has 0 aromatic heterocycles. The Morgan fingerprint density at radius 2 is 2.15 bits per heavy atom. The minimum atomic E-state index is 0.364. The summed E-state index contributed by atoms with van der Waals surface area (Å²) in [5.41, 5.74) is 0. The second-order valence-corrected chi connectivity index (χ2v) is 4.87. The molecule has 0 saturated carbocycles. The first-order chi connectivity index (χ1) is 6.40. The van der Waals surface area contributed by atoms with E-state index < -0.39 is 0 Å². The third-order valence-electron chi connectivity index (χ3n) is 2.50. The molecule has 1 unspecified atom stereocenters. The molecule has 0 aromatic rings. The lowest BCUT2D eigenvalue weighted by Crippen LogP contribution is -2.33. The van der Waals surface area contributed by atoms with Crippen LogP contribution >= 0.6 is 23.4 Å². The van der Waals surface area contributed by atoms with E-state index in [1.54, 1.807) is 0 Å². The maximum atomic E-state index is 5.77.